The van der Waals surface area contributed by atoms with Gasteiger partial charge in [-0.1, -0.05) is 0 Å². The second-order valence-electron chi connectivity index (χ2n) is 8.00. The molecule has 2 aromatic rings. The van der Waals surface area contributed by atoms with E-state index in [1.165, 1.54) is 0 Å². The highest BCUT2D eigenvalue weighted by Crippen LogP contribution is 2.47. The molecule has 0 spiro atoms. The number of rotatable bonds is 3. The monoisotopic (exact) mass is 525 g/mol. The number of hydrogen-bond acceptors (Lipinski definition) is 2. The Labute approximate surface area is 189 Å². The first-order valence-corrected chi connectivity index (χ1v) is 9.77. The lowest BCUT2D eigenvalue weighted by atomic mass is 9.85. The van der Waals surface area contributed by atoms with Gasteiger partial charge >= 0.3 is 24.7 Å². The van der Waals surface area contributed by atoms with Crippen LogP contribution in [0.4, 0.5) is 58.4 Å². The molecule has 0 unspecified atom stereocenters. The first kappa shape index (κ1) is 27.0. The fourth-order valence-electron chi connectivity index (χ4n) is 4.13. The lowest BCUT2D eigenvalue weighted by Gasteiger charge is -2.40. The Morgan fingerprint density at radius 1 is 0.629 bits per heavy atom. The third-order valence-electron chi connectivity index (χ3n) is 5.76. The van der Waals surface area contributed by atoms with E-state index in [9.17, 15) is 57.8 Å². The van der Waals surface area contributed by atoms with Crippen LogP contribution in [0.15, 0.2) is 36.4 Å². The molecule has 2 nitrogen and oxygen atoms in total. The molecule has 35 heavy (non-hydrogen) atoms. The second kappa shape index (κ2) is 8.49. The minimum atomic E-state index is -5.25. The molecule has 1 N–H and O–H groups in total. The maximum absolute atomic E-state index is 13.3. The van der Waals surface area contributed by atoms with Gasteiger partial charge in [-0.05, 0) is 54.8 Å². The van der Waals surface area contributed by atoms with E-state index in [0.717, 1.165) is 4.90 Å². The van der Waals surface area contributed by atoms with Crippen LogP contribution in [0.5, 0.6) is 0 Å². The molecular formula is C21H15F12NO. The predicted octanol–water partition coefficient (Wildman–Crippen LogP) is 7.25. The summed E-state index contributed by atoms with van der Waals surface area (Å²) in [4.78, 5) is 0.785. The highest BCUT2D eigenvalue weighted by molar-refractivity contribution is 5.58. The van der Waals surface area contributed by atoms with Crippen LogP contribution < -0.4 is 4.90 Å². The molecule has 3 rings (SSSR count). The fourth-order valence-corrected chi connectivity index (χ4v) is 4.13. The SMILES string of the molecule is OC[C@]1(c2cc(C(F)(F)F)cc(C(F)(F)F)c2)CCCN1c1cc(C(F)(F)F)cc(C(F)(F)F)c1. The van der Waals surface area contributed by atoms with Gasteiger partial charge in [-0.2, -0.15) is 52.7 Å². The highest BCUT2D eigenvalue weighted by Gasteiger charge is 2.47. The van der Waals surface area contributed by atoms with Crippen molar-refractivity contribution in [3.63, 3.8) is 0 Å². The maximum atomic E-state index is 13.3. The van der Waals surface area contributed by atoms with Gasteiger partial charge in [0.25, 0.3) is 0 Å². The standard InChI is InChI=1S/C21H15F12NO/c22-18(23,24)12-4-11(5-13(6-12)19(25,26)27)17(10-35)2-1-3-34(17)16-8-14(20(28,29)30)7-15(9-16)21(31,32)33/h4-9,35H,1-3,10H2/t17-/m0/s1. The topological polar surface area (TPSA) is 23.5 Å². The number of nitrogens with zero attached hydrogens (tertiary/aromatic N) is 1. The Morgan fingerprint density at radius 3 is 1.34 bits per heavy atom. The van der Waals surface area contributed by atoms with Crippen molar-refractivity contribution in [1.82, 2.24) is 0 Å². The maximum Gasteiger partial charge on any atom is 0.416 e. The summed E-state index contributed by atoms with van der Waals surface area (Å²) < 4.78 is 160. The van der Waals surface area contributed by atoms with Crippen LogP contribution in [0.3, 0.4) is 0 Å². The molecule has 0 amide bonds. The van der Waals surface area contributed by atoms with Crippen molar-refractivity contribution in [1.29, 1.82) is 0 Å². The number of alkyl halides is 12. The Morgan fingerprint density at radius 2 is 1.00 bits per heavy atom. The van der Waals surface area contributed by atoms with Crippen LogP contribution >= 0.6 is 0 Å². The first-order valence-electron chi connectivity index (χ1n) is 9.77. The van der Waals surface area contributed by atoms with Gasteiger partial charge in [0.1, 0.15) is 0 Å². The Bertz CT molecular complexity index is 1020. The van der Waals surface area contributed by atoms with E-state index < -0.39 is 70.4 Å². The van der Waals surface area contributed by atoms with Gasteiger partial charge in [-0.3, -0.25) is 0 Å². The number of aliphatic hydroxyl groups excluding tert-OH is 1. The second-order valence-corrected chi connectivity index (χ2v) is 8.00. The summed E-state index contributed by atoms with van der Waals surface area (Å²) in [5.74, 6) is 0. The molecule has 0 saturated carbocycles. The zero-order chi connectivity index (χ0) is 26.6. The van der Waals surface area contributed by atoms with Crippen molar-refractivity contribution in [2.75, 3.05) is 18.1 Å². The van der Waals surface area contributed by atoms with Gasteiger partial charge < -0.3 is 10.0 Å². The molecule has 1 aliphatic rings. The molecule has 1 saturated heterocycles. The zero-order valence-corrected chi connectivity index (χ0v) is 17.2. The summed E-state index contributed by atoms with van der Waals surface area (Å²) >= 11 is 0. The number of hydrogen-bond donors (Lipinski definition) is 1. The largest absolute Gasteiger partial charge is 0.416 e. The van der Waals surface area contributed by atoms with Gasteiger partial charge in [0.2, 0.25) is 0 Å². The molecule has 0 aromatic heterocycles. The lowest BCUT2D eigenvalue weighted by molar-refractivity contribution is -0.144. The lowest BCUT2D eigenvalue weighted by Crippen LogP contribution is -2.45. The minimum Gasteiger partial charge on any atom is -0.394 e. The molecule has 0 aliphatic carbocycles. The van der Waals surface area contributed by atoms with Gasteiger partial charge in [0.05, 0.1) is 34.4 Å². The summed E-state index contributed by atoms with van der Waals surface area (Å²) in [6.45, 7) is -1.51. The van der Waals surface area contributed by atoms with E-state index >= 15 is 0 Å². The molecule has 2 aromatic carbocycles. The molecular weight excluding hydrogens is 510 g/mol. The number of aliphatic hydroxyl groups is 1. The summed E-state index contributed by atoms with van der Waals surface area (Å²) in [6.07, 6.45) is -21.4. The fraction of sp³-hybridized carbons (Fsp3) is 0.429. The van der Waals surface area contributed by atoms with E-state index in [1.54, 1.807) is 0 Å². The van der Waals surface area contributed by atoms with Crippen LogP contribution in [0.1, 0.15) is 40.7 Å². The first-order chi connectivity index (χ1) is 15.8. The highest BCUT2D eigenvalue weighted by atomic mass is 19.4. The normalized spacial score (nSPS) is 20.0. The Hall–Kier alpha value is -2.64. The third-order valence-corrected chi connectivity index (χ3v) is 5.76. The predicted molar refractivity (Wildman–Crippen MR) is 98.2 cm³/mol. The van der Waals surface area contributed by atoms with Crippen molar-refractivity contribution >= 4 is 5.69 Å². The number of anilines is 1. The van der Waals surface area contributed by atoms with Gasteiger partial charge in [-0.15, -0.1) is 0 Å². The van der Waals surface area contributed by atoms with Crippen LogP contribution in [0.25, 0.3) is 0 Å². The van der Waals surface area contributed by atoms with Crippen LogP contribution in [-0.4, -0.2) is 18.3 Å². The van der Waals surface area contributed by atoms with Crippen LogP contribution in [0, 0.1) is 0 Å². The molecule has 14 heteroatoms. The zero-order valence-electron chi connectivity index (χ0n) is 17.2. The van der Waals surface area contributed by atoms with Gasteiger partial charge in [-0.25, -0.2) is 0 Å². The molecule has 1 aliphatic heterocycles. The molecule has 194 valence electrons. The van der Waals surface area contributed by atoms with Gasteiger partial charge in [0, 0.05) is 12.2 Å². The quantitative estimate of drug-likeness (QED) is 0.427. The molecule has 0 bridgehead atoms. The van der Waals surface area contributed by atoms with Crippen molar-refractivity contribution in [2.24, 2.45) is 0 Å². The summed E-state index contributed by atoms with van der Waals surface area (Å²) in [6, 6.07) is 0.906. The van der Waals surface area contributed by atoms with Crippen LogP contribution in [-0.2, 0) is 30.2 Å². The van der Waals surface area contributed by atoms with Gasteiger partial charge in [0.15, 0.2) is 0 Å². The van der Waals surface area contributed by atoms with Crippen molar-refractivity contribution < 1.29 is 57.8 Å². The average Bonchev–Trinajstić information content (AvgIpc) is 3.16. The van der Waals surface area contributed by atoms with E-state index in [1.807, 2.05) is 0 Å². The van der Waals surface area contributed by atoms with E-state index in [-0.39, 0.29) is 31.5 Å². The molecule has 1 atom stereocenters. The third kappa shape index (κ3) is 5.31. The Balaban J connectivity index is 2.28. The minimum absolute atomic E-state index is 0.0459. The summed E-state index contributed by atoms with van der Waals surface area (Å²) in [7, 11) is 0. The van der Waals surface area contributed by atoms with E-state index in [0.29, 0.717) is 24.3 Å². The summed E-state index contributed by atoms with van der Waals surface area (Å²) in [5, 5.41) is 10.1. The molecule has 0 radical (unpaired) electrons. The molecule has 1 heterocycles. The summed E-state index contributed by atoms with van der Waals surface area (Å²) in [5.41, 5.74) is -10.6. The van der Waals surface area contributed by atoms with Crippen molar-refractivity contribution in [2.45, 2.75) is 43.1 Å². The Kier molecular flexibility index (Phi) is 6.54. The van der Waals surface area contributed by atoms with Crippen LogP contribution in [0.2, 0.25) is 0 Å². The smallest absolute Gasteiger partial charge is 0.394 e. The van der Waals surface area contributed by atoms with Crippen molar-refractivity contribution in [3.05, 3.63) is 64.2 Å². The number of benzene rings is 2. The van der Waals surface area contributed by atoms with Crippen molar-refractivity contribution in [3.8, 4) is 0 Å². The van der Waals surface area contributed by atoms with E-state index in [4.69, 9.17) is 0 Å². The van der Waals surface area contributed by atoms with E-state index in [2.05, 4.69) is 0 Å². The number of halogens is 12. The average molecular weight is 525 g/mol. The molecule has 1 fully saturated rings.